The zero-order chi connectivity index (χ0) is 13.1. The molecular formula is C17H26N2. The number of nitrogens with zero attached hydrogens (tertiary/aromatic N) is 1. The van der Waals surface area contributed by atoms with Gasteiger partial charge >= 0.3 is 0 Å². The van der Waals surface area contributed by atoms with Crippen LogP contribution in [0.15, 0.2) is 24.3 Å². The molecule has 0 radical (unpaired) electrons. The van der Waals surface area contributed by atoms with E-state index in [2.05, 4.69) is 41.4 Å². The van der Waals surface area contributed by atoms with Gasteiger partial charge in [-0.15, -0.1) is 0 Å². The lowest BCUT2D eigenvalue weighted by Crippen LogP contribution is -2.32. The SMILES string of the molecule is CC1CCCCCN1c1ccc(CNC2CC2)cc1. The summed E-state index contributed by atoms with van der Waals surface area (Å²) in [5.74, 6) is 0. The molecule has 1 aromatic rings. The molecule has 19 heavy (non-hydrogen) atoms. The van der Waals surface area contributed by atoms with Gasteiger partial charge in [-0.05, 0) is 50.3 Å². The van der Waals surface area contributed by atoms with Crippen LogP contribution in [-0.4, -0.2) is 18.6 Å². The first-order chi connectivity index (χ1) is 9.33. The molecular weight excluding hydrogens is 232 g/mol. The summed E-state index contributed by atoms with van der Waals surface area (Å²) in [5.41, 5.74) is 2.82. The summed E-state index contributed by atoms with van der Waals surface area (Å²) in [6, 6.07) is 10.7. The Morgan fingerprint density at radius 3 is 2.58 bits per heavy atom. The lowest BCUT2D eigenvalue weighted by atomic mass is 10.1. The topological polar surface area (TPSA) is 15.3 Å². The van der Waals surface area contributed by atoms with Crippen LogP contribution in [0, 0.1) is 0 Å². The minimum Gasteiger partial charge on any atom is -0.369 e. The number of rotatable bonds is 4. The molecule has 1 saturated carbocycles. The Morgan fingerprint density at radius 1 is 1.05 bits per heavy atom. The van der Waals surface area contributed by atoms with Crippen molar-refractivity contribution in [3.05, 3.63) is 29.8 Å². The Bertz CT molecular complexity index is 394. The molecule has 2 fully saturated rings. The van der Waals surface area contributed by atoms with E-state index in [-0.39, 0.29) is 0 Å². The van der Waals surface area contributed by atoms with Crippen molar-refractivity contribution in [2.75, 3.05) is 11.4 Å². The Morgan fingerprint density at radius 2 is 1.84 bits per heavy atom. The maximum Gasteiger partial charge on any atom is 0.0368 e. The average molecular weight is 258 g/mol. The van der Waals surface area contributed by atoms with E-state index >= 15 is 0 Å². The average Bonchev–Trinajstić information content (AvgIpc) is 3.25. The van der Waals surface area contributed by atoms with Crippen LogP contribution in [0.5, 0.6) is 0 Å². The first kappa shape index (κ1) is 13.0. The van der Waals surface area contributed by atoms with Gasteiger partial charge in [0, 0.05) is 30.9 Å². The monoisotopic (exact) mass is 258 g/mol. The lowest BCUT2D eigenvalue weighted by molar-refractivity contribution is 0.616. The van der Waals surface area contributed by atoms with Crippen LogP contribution >= 0.6 is 0 Å². The van der Waals surface area contributed by atoms with Crippen molar-refractivity contribution >= 4 is 5.69 Å². The Hall–Kier alpha value is -1.02. The van der Waals surface area contributed by atoms with Gasteiger partial charge < -0.3 is 10.2 Å². The Kier molecular flexibility index (Phi) is 4.07. The molecule has 0 spiro atoms. The molecule has 2 nitrogen and oxygen atoms in total. The van der Waals surface area contributed by atoms with Crippen molar-refractivity contribution in [3.8, 4) is 0 Å². The summed E-state index contributed by atoms with van der Waals surface area (Å²) >= 11 is 0. The van der Waals surface area contributed by atoms with Crippen molar-refractivity contribution in [2.24, 2.45) is 0 Å². The Labute approximate surface area is 117 Å². The zero-order valence-corrected chi connectivity index (χ0v) is 12.1. The van der Waals surface area contributed by atoms with E-state index in [4.69, 9.17) is 0 Å². The molecule has 1 heterocycles. The molecule has 1 aliphatic carbocycles. The second kappa shape index (κ2) is 5.96. The van der Waals surface area contributed by atoms with Crippen LogP contribution in [0.2, 0.25) is 0 Å². The third kappa shape index (κ3) is 3.50. The standard InChI is InChI=1S/C17H26N2/c1-14-5-3-2-4-12-19(14)17-10-6-15(7-11-17)13-18-16-8-9-16/h6-7,10-11,14,16,18H,2-5,8-9,12-13H2,1H3. The summed E-state index contributed by atoms with van der Waals surface area (Å²) in [5, 5.41) is 3.58. The van der Waals surface area contributed by atoms with Gasteiger partial charge in [0.15, 0.2) is 0 Å². The molecule has 1 aromatic carbocycles. The third-order valence-corrected chi connectivity index (χ3v) is 4.49. The van der Waals surface area contributed by atoms with Gasteiger partial charge in [0.25, 0.3) is 0 Å². The summed E-state index contributed by atoms with van der Waals surface area (Å²) in [6.45, 7) is 4.62. The van der Waals surface area contributed by atoms with Gasteiger partial charge in [-0.1, -0.05) is 25.0 Å². The molecule has 1 unspecified atom stereocenters. The van der Waals surface area contributed by atoms with Crippen LogP contribution in [0.3, 0.4) is 0 Å². The fourth-order valence-electron chi connectivity index (χ4n) is 3.01. The molecule has 1 aliphatic heterocycles. The number of nitrogens with one attached hydrogen (secondary N) is 1. The molecule has 104 valence electrons. The minimum atomic E-state index is 0.693. The van der Waals surface area contributed by atoms with Crippen LogP contribution < -0.4 is 10.2 Å². The molecule has 1 atom stereocenters. The van der Waals surface area contributed by atoms with Crippen molar-refractivity contribution in [3.63, 3.8) is 0 Å². The largest absolute Gasteiger partial charge is 0.369 e. The third-order valence-electron chi connectivity index (χ3n) is 4.49. The fourth-order valence-corrected chi connectivity index (χ4v) is 3.01. The predicted molar refractivity (Wildman–Crippen MR) is 81.6 cm³/mol. The van der Waals surface area contributed by atoms with Crippen molar-refractivity contribution in [2.45, 2.75) is 64.1 Å². The van der Waals surface area contributed by atoms with Crippen molar-refractivity contribution in [1.82, 2.24) is 5.32 Å². The molecule has 1 saturated heterocycles. The van der Waals surface area contributed by atoms with Gasteiger partial charge in [-0.3, -0.25) is 0 Å². The van der Waals surface area contributed by atoms with E-state index < -0.39 is 0 Å². The normalized spacial score (nSPS) is 24.3. The highest BCUT2D eigenvalue weighted by atomic mass is 15.2. The second-order valence-electron chi connectivity index (χ2n) is 6.21. The van der Waals surface area contributed by atoms with E-state index in [0.29, 0.717) is 6.04 Å². The zero-order valence-electron chi connectivity index (χ0n) is 12.1. The highest BCUT2D eigenvalue weighted by Crippen LogP contribution is 2.25. The predicted octanol–water partition coefficient (Wildman–Crippen LogP) is 3.71. The van der Waals surface area contributed by atoms with E-state index in [1.165, 1.54) is 56.3 Å². The number of hydrogen-bond acceptors (Lipinski definition) is 2. The maximum absolute atomic E-state index is 3.58. The van der Waals surface area contributed by atoms with E-state index in [1.54, 1.807) is 0 Å². The van der Waals surface area contributed by atoms with Gasteiger partial charge in [0.1, 0.15) is 0 Å². The highest BCUT2D eigenvalue weighted by molar-refractivity contribution is 5.48. The molecule has 2 aliphatic rings. The van der Waals surface area contributed by atoms with Crippen LogP contribution in [0.1, 0.15) is 51.0 Å². The summed E-state index contributed by atoms with van der Waals surface area (Å²) in [6.07, 6.45) is 8.19. The number of hydrogen-bond donors (Lipinski definition) is 1. The van der Waals surface area contributed by atoms with Crippen molar-refractivity contribution in [1.29, 1.82) is 0 Å². The maximum atomic E-state index is 3.58. The van der Waals surface area contributed by atoms with E-state index in [9.17, 15) is 0 Å². The van der Waals surface area contributed by atoms with E-state index in [0.717, 1.165) is 12.6 Å². The number of benzene rings is 1. The summed E-state index contributed by atoms with van der Waals surface area (Å²) in [4.78, 5) is 2.59. The summed E-state index contributed by atoms with van der Waals surface area (Å²) < 4.78 is 0. The molecule has 0 bridgehead atoms. The van der Waals surface area contributed by atoms with Gasteiger partial charge in [0.05, 0.1) is 0 Å². The van der Waals surface area contributed by atoms with Crippen LogP contribution in [-0.2, 0) is 6.54 Å². The molecule has 0 amide bonds. The van der Waals surface area contributed by atoms with Gasteiger partial charge in [0.2, 0.25) is 0 Å². The second-order valence-corrected chi connectivity index (χ2v) is 6.21. The Balaban J connectivity index is 1.62. The minimum absolute atomic E-state index is 0.693. The molecule has 0 aromatic heterocycles. The smallest absolute Gasteiger partial charge is 0.0368 e. The lowest BCUT2D eigenvalue weighted by Gasteiger charge is -2.29. The number of anilines is 1. The fraction of sp³-hybridized carbons (Fsp3) is 0.647. The molecule has 2 heteroatoms. The van der Waals surface area contributed by atoms with Crippen LogP contribution in [0.25, 0.3) is 0 Å². The van der Waals surface area contributed by atoms with E-state index in [1.807, 2.05) is 0 Å². The van der Waals surface area contributed by atoms with Crippen LogP contribution in [0.4, 0.5) is 5.69 Å². The van der Waals surface area contributed by atoms with Gasteiger partial charge in [-0.2, -0.15) is 0 Å². The first-order valence-corrected chi connectivity index (χ1v) is 7.92. The first-order valence-electron chi connectivity index (χ1n) is 7.92. The highest BCUT2D eigenvalue weighted by Gasteiger charge is 2.20. The molecule has 3 rings (SSSR count). The quantitative estimate of drug-likeness (QED) is 0.885. The van der Waals surface area contributed by atoms with Gasteiger partial charge in [-0.25, -0.2) is 0 Å². The summed E-state index contributed by atoms with van der Waals surface area (Å²) in [7, 11) is 0. The molecule has 1 N–H and O–H groups in total. The van der Waals surface area contributed by atoms with Crippen molar-refractivity contribution < 1.29 is 0 Å².